The van der Waals surface area contributed by atoms with E-state index in [1.54, 1.807) is 31.2 Å². The lowest BCUT2D eigenvalue weighted by Gasteiger charge is -2.16. The number of aryl methyl sites for hydroxylation is 1. The molecule has 2 aromatic rings. The Morgan fingerprint density at radius 2 is 1.90 bits per heavy atom. The second-order valence-electron chi connectivity index (χ2n) is 5.08. The number of halogens is 1. The molecule has 4 nitrogen and oxygen atoms in total. The van der Waals surface area contributed by atoms with Crippen LogP contribution in [0.5, 0.6) is 0 Å². The fourth-order valence-corrected chi connectivity index (χ4v) is 2.03. The third-order valence-electron chi connectivity index (χ3n) is 3.22. The minimum absolute atomic E-state index is 0.319. The Balaban J connectivity index is 2.24. The van der Waals surface area contributed by atoms with Crippen LogP contribution in [-0.2, 0) is 0 Å². The number of carbonyl (C=O) groups is 1. The molecule has 5 heteroatoms. The lowest BCUT2D eigenvalue weighted by Crippen LogP contribution is -2.15. The molecule has 2 rings (SSSR count). The van der Waals surface area contributed by atoms with Gasteiger partial charge >= 0.3 is 0 Å². The van der Waals surface area contributed by atoms with Gasteiger partial charge < -0.3 is 16.0 Å². The fraction of sp³-hybridized carbons (Fsp3) is 0.188. The number of hydrogen-bond acceptors (Lipinski definition) is 3. The van der Waals surface area contributed by atoms with E-state index in [9.17, 15) is 9.18 Å². The van der Waals surface area contributed by atoms with E-state index in [0.717, 1.165) is 11.3 Å². The number of rotatable bonds is 3. The monoisotopic (exact) mass is 287 g/mol. The Bertz CT molecular complexity index is 683. The molecule has 0 radical (unpaired) electrons. The number of nitrogens with zero attached hydrogens (tertiary/aromatic N) is 1. The molecule has 0 saturated carbocycles. The summed E-state index contributed by atoms with van der Waals surface area (Å²) >= 11 is 0. The Hall–Kier alpha value is -2.56. The summed E-state index contributed by atoms with van der Waals surface area (Å²) in [6.45, 7) is 1.80. The van der Waals surface area contributed by atoms with Gasteiger partial charge in [0.15, 0.2) is 0 Å². The second-order valence-corrected chi connectivity index (χ2v) is 5.08. The molecule has 0 bridgehead atoms. The summed E-state index contributed by atoms with van der Waals surface area (Å²) in [5.41, 5.74) is 8.96. The third-order valence-corrected chi connectivity index (χ3v) is 3.22. The van der Waals surface area contributed by atoms with Crippen LogP contribution >= 0.6 is 0 Å². The molecule has 0 aromatic heterocycles. The minimum atomic E-state index is -0.390. The SMILES string of the molecule is Cc1ccc(F)cc1NC(=O)c1ccc(N(C)C)c(N)c1. The predicted molar refractivity (Wildman–Crippen MR) is 84.3 cm³/mol. The van der Waals surface area contributed by atoms with Crippen molar-refractivity contribution in [3.8, 4) is 0 Å². The largest absolute Gasteiger partial charge is 0.397 e. The van der Waals surface area contributed by atoms with Gasteiger partial charge in [-0.1, -0.05) is 6.07 Å². The van der Waals surface area contributed by atoms with Crippen molar-refractivity contribution in [2.24, 2.45) is 0 Å². The van der Waals surface area contributed by atoms with Gasteiger partial charge in [-0.15, -0.1) is 0 Å². The maximum Gasteiger partial charge on any atom is 0.255 e. The van der Waals surface area contributed by atoms with Gasteiger partial charge in [0.1, 0.15) is 5.82 Å². The molecule has 21 heavy (non-hydrogen) atoms. The van der Waals surface area contributed by atoms with Crippen molar-refractivity contribution >= 4 is 23.0 Å². The van der Waals surface area contributed by atoms with Crippen LogP contribution in [0.2, 0.25) is 0 Å². The minimum Gasteiger partial charge on any atom is -0.397 e. The summed E-state index contributed by atoms with van der Waals surface area (Å²) < 4.78 is 13.2. The zero-order chi connectivity index (χ0) is 15.6. The van der Waals surface area contributed by atoms with Gasteiger partial charge in [0.05, 0.1) is 11.4 Å². The summed E-state index contributed by atoms with van der Waals surface area (Å²) in [5.74, 6) is -0.709. The van der Waals surface area contributed by atoms with E-state index in [-0.39, 0.29) is 5.91 Å². The first kappa shape index (κ1) is 14.8. The lowest BCUT2D eigenvalue weighted by molar-refractivity contribution is 0.102. The van der Waals surface area contributed by atoms with Crippen LogP contribution in [0, 0.1) is 12.7 Å². The Morgan fingerprint density at radius 3 is 2.52 bits per heavy atom. The van der Waals surface area contributed by atoms with E-state index in [1.807, 2.05) is 19.0 Å². The predicted octanol–water partition coefficient (Wildman–Crippen LogP) is 3.03. The number of amides is 1. The average molecular weight is 287 g/mol. The summed E-state index contributed by atoms with van der Waals surface area (Å²) in [7, 11) is 3.75. The van der Waals surface area contributed by atoms with Gasteiger partial charge in [-0.3, -0.25) is 4.79 Å². The number of nitrogens with two attached hydrogens (primary N) is 1. The van der Waals surface area contributed by atoms with Crippen LogP contribution < -0.4 is 16.0 Å². The van der Waals surface area contributed by atoms with E-state index in [1.165, 1.54) is 12.1 Å². The number of nitrogens with one attached hydrogen (secondary N) is 1. The molecule has 0 fully saturated rings. The van der Waals surface area contributed by atoms with E-state index >= 15 is 0 Å². The highest BCUT2D eigenvalue weighted by atomic mass is 19.1. The molecule has 0 heterocycles. The molecular formula is C16H18FN3O. The Morgan fingerprint density at radius 1 is 1.19 bits per heavy atom. The van der Waals surface area contributed by atoms with Gasteiger partial charge in [-0.25, -0.2) is 4.39 Å². The van der Waals surface area contributed by atoms with Crippen molar-refractivity contribution < 1.29 is 9.18 Å². The molecule has 0 aliphatic rings. The summed E-state index contributed by atoms with van der Waals surface area (Å²) in [5, 5.41) is 2.70. The summed E-state index contributed by atoms with van der Waals surface area (Å²) in [4.78, 5) is 14.1. The standard InChI is InChI=1S/C16H18FN3O/c1-10-4-6-12(17)9-14(10)19-16(21)11-5-7-15(20(2)3)13(18)8-11/h4-9H,18H2,1-3H3,(H,19,21). The number of nitrogen functional groups attached to an aromatic ring is 1. The van der Waals surface area contributed by atoms with Crippen LogP contribution in [0.25, 0.3) is 0 Å². The van der Waals surface area contributed by atoms with Crippen LogP contribution in [0.3, 0.4) is 0 Å². The molecule has 1 amide bonds. The highest BCUT2D eigenvalue weighted by Gasteiger charge is 2.11. The molecule has 3 N–H and O–H groups in total. The van der Waals surface area contributed by atoms with Crippen LogP contribution in [-0.4, -0.2) is 20.0 Å². The molecule has 0 aliphatic carbocycles. The van der Waals surface area contributed by atoms with Crippen molar-refractivity contribution in [1.29, 1.82) is 0 Å². The number of carbonyl (C=O) groups excluding carboxylic acids is 1. The Labute approximate surface area is 123 Å². The molecule has 0 spiro atoms. The van der Waals surface area contributed by atoms with Gasteiger partial charge in [-0.2, -0.15) is 0 Å². The Kier molecular flexibility index (Phi) is 4.12. The second kappa shape index (κ2) is 5.83. The van der Waals surface area contributed by atoms with Crippen LogP contribution in [0.1, 0.15) is 15.9 Å². The quantitative estimate of drug-likeness (QED) is 0.853. The third kappa shape index (κ3) is 3.31. The first-order chi connectivity index (χ1) is 9.88. The highest BCUT2D eigenvalue weighted by Crippen LogP contribution is 2.23. The first-order valence-electron chi connectivity index (χ1n) is 6.53. The van der Waals surface area contributed by atoms with Crippen LogP contribution in [0.4, 0.5) is 21.5 Å². The van der Waals surface area contributed by atoms with Crippen molar-refractivity contribution in [1.82, 2.24) is 0 Å². The average Bonchev–Trinajstić information content (AvgIpc) is 2.42. The van der Waals surface area contributed by atoms with E-state index in [0.29, 0.717) is 16.9 Å². The van der Waals surface area contributed by atoms with E-state index < -0.39 is 5.82 Å². The first-order valence-corrected chi connectivity index (χ1v) is 6.53. The van der Waals surface area contributed by atoms with Gasteiger partial charge in [0.25, 0.3) is 5.91 Å². The molecule has 0 atom stereocenters. The highest BCUT2D eigenvalue weighted by molar-refractivity contribution is 6.05. The van der Waals surface area contributed by atoms with Gasteiger partial charge in [0, 0.05) is 25.3 Å². The lowest BCUT2D eigenvalue weighted by atomic mass is 10.1. The molecule has 0 aliphatic heterocycles. The smallest absolute Gasteiger partial charge is 0.255 e. The zero-order valence-corrected chi connectivity index (χ0v) is 12.3. The van der Waals surface area contributed by atoms with Crippen LogP contribution in [0.15, 0.2) is 36.4 Å². The van der Waals surface area contributed by atoms with Crippen molar-refractivity contribution in [3.05, 3.63) is 53.3 Å². The zero-order valence-electron chi connectivity index (χ0n) is 12.3. The van der Waals surface area contributed by atoms with Crippen molar-refractivity contribution in [3.63, 3.8) is 0 Å². The maximum atomic E-state index is 13.2. The fourth-order valence-electron chi connectivity index (χ4n) is 2.03. The van der Waals surface area contributed by atoms with Crippen molar-refractivity contribution in [2.45, 2.75) is 6.92 Å². The summed E-state index contributed by atoms with van der Waals surface area (Å²) in [6.07, 6.45) is 0. The summed E-state index contributed by atoms with van der Waals surface area (Å²) in [6, 6.07) is 9.35. The number of hydrogen-bond donors (Lipinski definition) is 2. The number of anilines is 3. The maximum absolute atomic E-state index is 13.2. The molecular weight excluding hydrogens is 269 g/mol. The van der Waals surface area contributed by atoms with E-state index in [2.05, 4.69) is 5.32 Å². The van der Waals surface area contributed by atoms with Crippen molar-refractivity contribution in [2.75, 3.05) is 30.0 Å². The topological polar surface area (TPSA) is 58.4 Å². The van der Waals surface area contributed by atoms with Gasteiger partial charge in [0.2, 0.25) is 0 Å². The molecule has 110 valence electrons. The molecule has 2 aromatic carbocycles. The number of benzene rings is 2. The van der Waals surface area contributed by atoms with Gasteiger partial charge in [-0.05, 0) is 42.8 Å². The molecule has 0 saturated heterocycles. The van der Waals surface area contributed by atoms with E-state index in [4.69, 9.17) is 5.73 Å². The molecule has 0 unspecified atom stereocenters. The normalized spacial score (nSPS) is 10.3.